The predicted molar refractivity (Wildman–Crippen MR) is 99.5 cm³/mol. The number of hydrogen-bond donors (Lipinski definition) is 1. The average Bonchev–Trinajstić information content (AvgIpc) is 3.31. The number of rotatable bonds is 4. The summed E-state index contributed by atoms with van der Waals surface area (Å²) in [6.07, 6.45) is 3.05. The number of nitrogens with zero attached hydrogens (tertiary/aromatic N) is 2. The highest BCUT2D eigenvalue weighted by molar-refractivity contribution is 7.92. The predicted octanol–water partition coefficient (Wildman–Crippen LogP) is 2.74. The van der Waals surface area contributed by atoms with Crippen molar-refractivity contribution in [3.05, 3.63) is 53.6 Å². The lowest BCUT2D eigenvalue weighted by Gasteiger charge is -2.22. The molecule has 2 aliphatic rings. The monoisotopic (exact) mass is 372 g/mol. The summed E-state index contributed by atoms with van der Waals surface area (Å²) in [5.74, 6) is -1.14. The van der Waals surface area contributed by atoms with Crippen molar-refractivity contribution in [2.75, 3.05) is 28.8 Å². The van der Waals surface area contributed by atoms with Gasteiger partial charge in [0.1, 0.15) is 0 Å². The van der Waals surface area contributed by atoms with Gasteiger partial charge in [0.2, 0.25) is 0 Å². The number of hydrogen-bond acceptors (Lipinski definition) is 4. The van der Waals surface area contributed by atoms with Crippen molar-refractivity contribution in [3.8, 4) is 0 Å². The Bertz CT molecular complexity index is 965. The van der Waals surface area contributed by atoms with Gasteiger partial charge in [-0.2, -0.15) is 0 Å². The quantitative estimate of drug-likeness (QED) is 0.893. The highest BCUT2D eigenvalue weighted by atomic mass is 32.2. The fourth-order valence-electron chi connectivity index (χ4n) is 3.70. The van der Waals surface area contributed by atoms with Crippen molar-refractivity contribution in [2.24, 2.45) is 0 Å². The summed E-state index contributed by atoms with van der Waals surface area (Å²) in [6.45, 7) is 2.46. The van der Waals surface area contributed by atoms with Crippen LogP contribution in [0.5, 0.6) is 0 Å². The van der Waals surface area contributed by atoms with Crippen LogP contribution >= 0.6 is 0 Å². The summed E-state index contributed by atoms with van der Waals surface area (Å²) in [5, 5.41) is 9.12. The van der Waals surface area contributed by atoms with E-state index in [2.05, 4.69) is 11.0 Å². The molecule has 4 rings (SSSR count). The van der Waals surface area contributed by atoms with Gasteiger partial charge in [0, 0.05) is 25.3 Å². The third-order valence-electron chi connectivity index (χ3n) is 5.06. The minimum atomic E-state index is -3.78. The van der Waals surface area contributed by atoms with Crippen LogP contribution in [0.3, 0.4) is 0 Å². The van der Waals surface area contributed by atoms with Crippen LogP contribution in [0.25, 0.3) is 0 Å². The first-order valence-electron chi connectivity index (χ1n) is 8.71. The Kier molecular flexibility index (Phi) is 4.11. The zero-order valence-corrected chi connectivity index (χ0v) is 15.1. The number of fused-ring (bicyclic) bond motifs is 1. The van der Waals surface area contributed by atoms with E-state index in [1.54, 1.807) is 0 Å². The van der Waals surface area contributed by atoms with Crippen molar-refractivity contribution >= 4 is 27.4 Å². The van der Waals surface area contributed by atoms with E-state index >= 15 is 0 Å². The number of aromatic carboxylic acids is 1. The molecular weight excluding hydrogens is 352 g/mol. The van der Waals surface area contributed by atoms with Gasteiger partial charge in [-0.1, -0.05) is 6.07 Å². The Balaban J connectivity index is 1.68. The molecule has 136 valence electrons. The fourth-order valence-corrected chi connectivity index (χ4v) is 5.25. The van der Waals surface area contributed by atoms with E-state index < -0.39 is 16.0 Å². The molecule has 0 bridgehead atoms. The fraction of sp³-hybridized carbons (Fsp3) is 0.316. The Morgan fingerprint density at radius 1 is 1.00 bits per heavy atom. The maximum atomic E-state index is 13.0. The smallest absolute Gasteiger partial charge is 0.335 e. The summed E-state index contributed by atoms with van der Waals surface area (Å²) in [7, 11) is -3.78. The number of carboxylic acids is 1. The van der Waals surface area contributed by atoms with Gasteiger partial charge in [0.05, 0.1) is 16.1 Å². The van der Waals surface area contributed by atoms with Crippen LogP contribution in [0.1, 0.15) is 28.8 Å². The lowest BCUT2D eigenvalue weighted by Crippen LogP contribution is -2.29. The Morgan fingerprint density at radius 3 is 2.50 bits per heavy atom. The van der Waals surface area contributed by atoms with Gasteiger partial charge in [-0.15, -0.1) is 0 Å². The van der Waals surface area contributed by atoms with Gasteiger partial charge in [-0.25, -0.2) is 13.2 Å². The maximum Gasteiger partial charge on any atom is 0.335 e. The van der Waals surface area contributed by atoms with Crippen LogP contribution in [0.4, 0.5) is 11.4 Å². The Hall–Kier alpha value is -2.54. The van der Waals surface area contributed by atoms with E-state index in [1.807, 2.05) is 12.1 Å². The van der Waals surface area contributed by atoms with Crippen molar-refractivity contribution in [3.63, 3.8) is 0 Å². The molecule has 2 heterocycles. The second-order valence-corrected chi connectivity index (χ2v) is 8.53. The van der Waals surface area contributed by atoms with E-state index in [-0.39, 0.29) is 10.5 Å². The van der Waals surface area contributed by atoms with Gasteiger partial charge in [-0.05, 0) is 61.2 Å². The van der Waals surface area contributed by atoms with Gasteiger partial charge in [0.15, 0.2) is 0 Å². The van der Waals surface area contributed by atoms with Crippen molar-refractivity contribution < 1.29 is 18.3 Å². The summed E-state index contributed by atoms with van der Waals surface area (Å²) < 4.78 is 27.5. The topological polar surface area (TPSA) is 77.9 Å². The molecule has 0 unspecified atom stereocenters. The largest absolute Gasteiger partial charge is 0.478 e. The molecule has 0 aromatic heterocycles. The zero-order valence-electron chi connectivity index (χ0n) is 14.3. The first-order valence-corrected chi connectivity index (χ1v) is 10.1. The van der Waals surface area contributed by atoms with Gasteiger partial charge in [-0.3, -0.25) is 4.31 Å². The summed E-state index contributed by atoms with van der Waals surface area (Å²) in [5.41, 5.74) is 2.82. The standard InChI is InChI=1S/C19H20N2O4S/c22-19(23)15-4-3-5-17(13-15)26(24,25)21-11-8-14-12-16(6-7-18(14)21)20-9-1-2-10-20/h3-7,12-13H,1-2,8-11H2,(H,22,23). The zero-order chi connectivity index (χ0) is 18.3. The molecular formula is C19H20N2O4S. The molecule has 0 radical (unpaired) electrons. The van der Waals surface area contributed by atoms with E-state index in [9.17, 15) is 13.2 Å². The normalized spacial score (nSPS) is 16.8. The lowest BCUT2D eigenvalue weighted by atomic mass is 10.1. The summed E-state index contributed by atoms with van der Waals surface area (Å²) in [4.78, 5) is 13.5. The van der Waals surface area contributed by atoms with Crippen molar-refractivity contribution in [2.45, 2.75) is 24.2 Å². The molecule has 0 aliphatic carbocycles. The highest BCUT2D eigenvalue weighted by Gasteiger charge is 2.31. The molecule has 2 aromatic carbocycles. The molecule has 7 heteroatoms. The van der Waals surface area contributed by atoms with E-state index in [0.29, 0.717) is 18.7 Å². The number of carboxylic acid groups (broad SMARTS) is 1. The molecule has 0 spiro atoms. The molecule has 1 saturated heterocycles. The molecule has 0 amide bonds. The SMILES string of the molecule is O=C(O)c1cccc(S(=O)(=O)N2CCc3cc(N4CCCC4)ccc32)c1. The van der Waals surface area contributed by atoms with E-state index in [4.69, 9.17) is 5.11 Å². The molecule has 6 nitrogen and oxygen atoms in total. The molecule has 0 saturated carbocycles. The van der Waals surface area contributed by atoms with Gasteiger partial charge in [0.25, 0.3) is 10.0 Å². The van der Waals surface area contributed by atoms with Gasteiger partial charge >= 0.3 is 5.97 Å². The Morgan fingerprint density at radius 2 is 1.77 bits per heavy atom. The first-order chi connectivity index (χ1) is 12.5. The van der Waals surface area contributed by atoms with E-state index in [1.165, 1.54) is 41.4 Å². The first kappa shape index (κ1) is 16.9. The minimum absolute atomic E-state index is 0.00821. The molecule has 0 atom stereocenters. The van der Waals surface area contributed by atoms with Gasteiger partial charge < -0.3 is 10.0 Å². The third kappa shape index (κ3) is 2.82. The second kappa shape index (κ2) is 6.32. The molecule has 1 fully saturated rings. The van der Waals surface area contributed by atoms with Crippen molar-refractivity contribution in [1.82, 2.24) is 0 Å². The van der Waals surface area contributed by atoms with Crippen LogP contribution in [0, 0.1) is 0 Å². The van der Waals surface area contributed by atoms with Crippen LogP contribution < -0.4 is 9.21 Å². The number of carbonyl (C=O) groups is 1. The highest BCUT2D eigenvalue weighted by Crippen LogP contribution is 2.36. The molecule has 2 aromatic rings. The average molecular weight is 372 g/mol. The molecule has 26 heavy (non-hydrogen) atoms. The third-order valence-corrected chi connectivity index (χ3v) is 6.87. The second-order valence-electron chi connectivity index (χ2n) is 6.67. The maximum absolute atomic E-state index is 13.0. The summed E-state index contributed by atoms with van der Waals surface area (Å²) >= 11 is 0. The number of sulfonamides is 1. The summed E-state index contributed by atoms with van der Waals surface area (Å²) in [6, 6.07) is 11.4. The van der Waals surface area contributed by atoms with Crippen LogP contribution in [0.2, 0.25) is 0 Å². The lowest BCUT2D eigenvalue weighted by molar-refractivity contribution is 0.0696. The molecule has 2 aliphatic heterocycles. The van der Waals surface area contributed by atoms with Crippen molar-refractivity contribution in [1.29, 1.82) is 0 Å². The van der Waals surface area contributed by atoms with Crippen LogP contribution in [-0.4, -0.2) is 39.1 Å². The van der Waals surface area contributed by atoms with Crippen LogP contribution in [-0.2, 0) is 16.4 Å². The minimum Gasteiger partial charge on any atom is -0.478 e. The number of anilines is 2. The Labute approximate surface area is 152 Å². The van der Waals surface area contributed by atoms with E-state index in [0.717, 1.165) is 24.3 Å². The molecule has 1 N–H and O–H groups in total. The number of benzene rings is 2. The van der Waals surface area contributed by atoms with Crippen LogP contribution in [0.15, 0.2) is 47.4 Å².